The summed E-state index contributed by atoms with van der Waals surface area (Å²) in [7, 11) is 0. The van der Waals surface area contributed by atoms with Crippen LogP contribution in [0.4, 0.5) is 8.78 Å². The first-order chi connectivity index (χ1) is 16.0. The number of aryl methyl sites for hydroxylation is 1. The van der Waals surface area contributed by atoms with Crippen LogP contribution >= 0.6 is 0 Å². The summed E-state index contributed by atoms with van der Waals surface area (Å²) in [5, 5.41) is 0. The van der Waals surface area contributed by atoms with Gasteiger partial charge in [0, 0.05) is 42.0 Å². The Labute approximate surface area is 191 Å². The maximum Gasteiger partial charge on any atom is 0.255 e. The normalized spacial score (nSPS) is 21.8. The van der Waals surface area contributed by atoms with Gasteiger partial charge in [-0.3, -0.25) is 4.79 Å². The van der Waals surface area contributed by atoms with E-state index in [9.17, 15) is 13.6 Å². The molecule has 0 radical (unpaired) electrons. The summed E-state index contributed by atoms with van der Waals surface area (Å²) in [6, 6.07) is 11.0. The number of piperidine rings is 1. The van der Waals surface area contributed by atoms with Crippen molar-refractivity contribution in [1.82, 2.24) is 14.9 Å². The third kappa shape index (κ3) is 4.19. The van der Waals surface area contributed by atoms with E-state index in [2.05, 4.69) is 9.97 Å². The molecule has 0 aliphatic carbocycles. The Bertz CT molecular complexity index is 1170. The van der Waals surface area contributed by atoms with E-state index >= 15 is 0 Å². The van der Waals surface area contributed by atoms with Gasteiger partial charge < -0.3 is 9.64 Å². The SMILES string of the molecule is Cc1ccc(-c2ncccn2)c(C(=O)N2C3CC[C@H]2CC[C@@H]3COc2ccc(F)cc2F)c1. The van der Waals surface area contributed by atoms with Gasteiger partial charge in [-0.15, -0.1) is 0 Å². The van der Waals surface area contributed by atoms with E-state index in [0.717, 1.165) is 42.9 Å². The van der Waals surface area contributed by atoms with Crippen LogP contribution in [0.5, 0.6) is 5.75 Å². The van der Waals surface area contributed by atoms with Crippen LogP contribution in [0.25, 0.3) is 11.4 Å². The zero-order chi connectivity index (χ0) is 22.9. The highest BCUT2D eigenvalue weighted by atomic mass is 19.1. The standard InChI is InChI=1S/C26H25F2N3O2/c1-16-3-8-20(25-29-11-2-12-30-25)21(13-16)26(32)31-19-6-4-17(23(31)9-7-19)15-33-24-10-5-18(27)14-22(24)28/h2-3,5,8,10-14,17,19,23H,4,6-7,9,15H2,1H3/t17-,19-,23?/m1/s1. The largest absolute Gasteiger partial charge is 0.490 e. The average Bonchev–Trinajstić information content (AvgIpc) is 3.13. The van der Waals surface area contributed by atoms with Crippen LogP contribution in [0.15, 0.2) is 54.9 Å². The molecule has 5 nitrogen and oxygen atoms in total. The molecule has 0 N–H and O–H groups in total. The lowest BCUT2D eigenvalue weighted by molar-refractivity contribution is 0.0404. The highest BCUT2D eigenvalue weighted by Gasteiger charge is 2.45. The van der Waals surface area contributed by atoms with Crippen LogP contribution < -0.4 is 4.74 Å². The van der Waals surface area contributed by atoms with Crippen molar-refractivity contribution < 1.29 is 18.3 Å². The highest BCUT2D eigenvalue weighted by molar-refractivity contribution is 6.01. The Balaban J connectivity index is 1.39. The minimum absolute atomic E-state index is 0.0183. The lowest BCUT2D eigenvalue weighted by Gasteiger charge is -2.40. The maximum atomic E-state index is 14.0. The summed E-state index contributed by atoms with van der Waals surface area (Å²) in [4.78, 5) is 24.5. The molecule has 1 amide bonds. The second kappa shape index (κ2) is 8.89. The monoisotopic (exact) mass is 449 g/mol. The fourth-order valence-corrected chi connectivity index (χ4v) is 5.16. The number of hydrogen-bond donors (Lipinski definition) is 0. The first-order valence-corrected chi connectivity index (χ1v) is 11.3. The lowest BCUT2D eigenvalue weighted by atomic mass is 9.89. The van der Waals surface area contributed by atoms with Gasteiger partial charge in [0.2, 0.25) is 0 Å². The van der Waals surface area contributed by atoms with Crippen LogP contribution in [-0.2, 0) is 0 Å². The molecular weight excluding hydrogens is 424 g/mol. The zero-order valence-corrected chi connectivity index (χ0v) is 18.4. The van der Waals surface area contributed by atoms with E-state index in [-0.39, 0.29) is 36.3 Å². The Morgan fingerprint density at radius 2 is 1.85 bits per heavy atom. The molecule has 2 fully saturated rings. The van der Waals surface area contributed by atoms with Crippen LogP contribution in [0.1, 0.15) is 41.6 Å². The maximum absolute atomic E-state index is 14.0. The minimum atomic E-state index is -0.713. The number of aromatic nitrogens is 2. The summed E-state index contributed by atoms with van der Waals surface area (Å²) in [6.07, 6.45) is 6.96. The minimum Gasteiger partial charge on any atom is -0.490 e. The quantitative estimate of drug-likeness (QED) is 0.538. The Morgan fingerprint density at radius 1 is 1.06 bits per heavy atom. The van der Waals surface area contributed by atoms with Crippen LogP contribution in [0.2, 0.25) is 0 Å². The zero-order valence-electron chi connectivity index (χ0n) is 18.4. The number of amides is 1. The molecule has 2 aliphatic rings. The van der Waals surface area contributed by atoms with Crippen molar-refractivity contribution in [1.29, 1.82) is 0 Å². The molecule has 33 heavy (non-hydrogen) atoms. The van der Waals surface area contributed by atoms with Gasteiger partial charge in [0.25, 0.3) is 5.91 Å². The average molecular weight is 450 g/mol. The second-order valence-electron chi connectivity index (χ2n) is 8.86. The van der Waals surface area contributed by atoms with Gasteiger partial charge in [-0.2, -0.15) is 0 Å². The van der Waals surface area contributed by atoms with Gasteiger partial charge in [0.1, 0.15) is 5.82 Å². The smallest absolute Gasteiger partial charge is 0.255 e. The number of nitrogens with zero attached hydrogens (tertiary/aromatic N) is 3. The molecule has 5 rings (SSSR count). The molecule has 2 aromatic carbocycles. The van der Waals surface area contributed by atoms with E-state index in [1.165, 1.54) is 12.1 Å². The summed E-state index contributed by atoms with van der Waals surface area (Å²) in [6.45, 7) is 2.25. The topological polar surface area (TPSA) is 55.3 Å². The molecule has 7 heteroatoms. The Morgan fingerprint density at radius 3 is 2.64 bits per heavy atom. The van der Waals surface area contributed by atoms with Crippen molar-refractivity contribution in [3.05, 3.63) is 77.6 Å². The third-order valence-corrected chi connectivity index (χ3v) is 6.75. The summed E-state index contributed by atoms with van der Waals surface area (Å²) >= 11 is 0. The van der Waals surface area contributed by atoms with Gasteiger partial charge in [0.05, 0.1) is 12.2 Å². The fourth-order valence-electron chi connectivity index (χ4n) is 5.16. The van der Waals surface area contributed by atoms with Crippen molar-refractivity contribution in [3.8, 4) is 17.1 Å². The van der Waals surface area contributed by atoms with E-state index in [1.54, 1.807) is 18.5 Å². The molecule has 2 bridgehead atoms. The van der Waals surface area contributed by atoms with Crippen molar-refractivity contribution >= 4 is 5.91 Å². The lowest BCUT2D eigenvalue weighted by Crippen LogP contribution is -2.49. The molecule has 0 saturated carbocycles. The molecule has 1 unspecified atom stereocenters. The number of carbonyl (C=O) groups excluding carboxylic acids is 1. The summed E-state index contributed by atoms with van der Waals surface area (Å²) in [5.74, 6) is -0.724. The van der Waals surface area contributed by atoms with Gasteiger partial charge in [0.15, 0.2) is 17.4 Å². The van der Waals surface area contributed by atoms with Gasteiger partial charge in [-0.1, -0.05) is 17.7 Å². The molecular formula is C26H25F2N3O2. The fraction of sp³-hybridized carbons (Fsp3) is 0.346. The Hall–Kier alpha value is -3.35. The number of ether oxygens (including phenoxy) is 1. The number of hydrogen-bond acceptors (Lipinski definition) is 4. The first kappa shape index (κ1) is 21.5. The van der Waals surface area contributed by atoms with E-state index < -0.39 is 11.6 Å². The van der Waals surface area contributed by atoms with Gasteiger partial charge in [-0.05, 0) is 56.9 Å². The number of halogens is 2. The van der Waals surface area contributed by atoms with Crippen molar-refractivity contribution in [3.63, 3.8) is 0 Å². The van der Waals surface area contributed by atoms with Crippen LogP contribution in [0.3, 0.4) is 0 Å². The number of rotatable bonds is 5. The number of benzene rings is 2. The van der Waals surface area contributed by atoms with Crippen LogP contribution in [-0.4, -0.2) is 39.5 Å². The van der Waals surface area contributed by atoms with Crippen molar-refractivity contribution in [2.75, 3.05) is 6.61 Å². The molecule has 2 aliphatic heterocycles. The molecule has 2 saturated heterocycles. The highest BCUT2D eigenvalue weighted by Crippen LogP contribution is 2.41. The molecule has 3 heterocycles. The second-order valence-corrected chi connectivity index (χ2v) is 8.86. The van der Waals surface area contributed by atoms with E-state index in [4.69, 9.17) is 4.74 Å². The van der Waals surface area contributed by atoms with Crippen molar-refractivity contribution in [2.24, 2.45) is 5.92 Å². The van der Waals surface area contributed by atoms with Gasteiger partial charge >= 0.3 is 0 Å². The predicted molar refractivity (Wildman–Crippen MR) is 120 cm³/mol. The third-order valence-electron chi connectivity index (χ3n) is 6.75. The summed E-state index contributed by atoms with van der Waals surface area (Å²) < 4.78 is 32.9. The number of fused-ring (bicyclic) bond motifs is 2. The van der Waals surface area contributed by atoms with Crippen molar-refractivity contribution in [2.45, 2.75) is 44.7 Å². The van der Waals surface area contributed by atoms with Gasteiger partial charge in [-0.25, -0.2) is 18.7 Å². The number of carbonyl (C=O) groups is 1. The molecule has 3 atom stereocenters. The molecule has 0 spiro atoms. The Kier molecular flexibility index (Phi) is 5.79. The van der Waals surface area contributed by atoms with Crippen LogP contribution in [0, 0.1) is 24.5 Å². The molecule has 1 aromatic heterocycles. The molecule has 170 valence electrons. The summed E-state index contributed by atoms with van der Waals surface area (Å²) in [5.41, 5.74) is 2.32. The van der Waals surface area contributed by atoms with E-state index in [1.807, 2.05) is 30.0 Å². The predicted octanol–water partition coefficient (Wildman–Crippen LogP) is 5.19. The first-order valence-electron chi connectivity index (χ1n) is 11.3. The van der Waals surface area contributed by atoms with E-state index in [0.29, 0.717) is 11.4 Å². The molecule has 3 aromatic rings.